The molecule has 0 saturated heterocycles. The molecule has 0 unspecified atom stereocenters. The van der Waals surface area contributed by atoms with Crippen LogP contribution in [0.15, 0.2) is 54.7 Å². The zero-order valence-corrected chi connectivity index (χ0v) is 17.0. The molecule has 6 nitrogen and oxygen atoms in total. The van der Waals surface area contributed by atoms with Gasteiger partial charge in [0.1, 0.15) is 0 Å². The van der Waals surface area contributed by atoms with Crippen molar-refractivity contribution in [3.8, 4) is 5.69 Å². The number of hydrogen-bond acceptors (Lipinski definition) is 3. The number of aromatic nitrogens is 2. The van der Waals surface area contributed by atoms with Gasteiger partial charge in [0.05, 0.1) is 33.7 Å². The first-order valence-electron chi connectivity index (χ1n) is 10.2. The van der Waals surface area contributed by atoms with Crippen LogP contribution in [0.1, 0.15) is 58.0 Å². The second-order valence-corrected chi connectivity index (χ2v) is 8.27. The van der Waals surface area contributed by atoms with Crippen molar-refractivity contribution in [2.24, 2.45) is 0 Å². The summed E-state index contributed by atoms with van der Waals surface area (Å²) in [5, 5.41) is 10.7. The molecule has 2 aliphatic carbocycles. The Bertz CT molecular complexity index is 1120. The third kappa shape index (κ3) is 3.83. The van der Waals surface area contributed by atoms with Gasteiger partial charge < -0.3 is 10.6 Å². The second-order valence-electron chi connectivity index (χ2n) is 7.86. The average molecular weight is 421 g/mol. The Labute approximate surface area is 179 Å². The second kappa shape index (κ2) is 7.61. The summed E-state index contributed by atoms with van der Waals surface area (Å²) in [6.07, 6.45) is 5.70. The van der Waals surface area contributed by atoms with Crippen molar-refractivity contribution in [2.45, 2.75) is 37.6 Å². The molecule has 1 aromatic heterocycles. The van der Waals surface area contributed by atoms with E-state index in [0.29, 0.717) is 27.8 Å². The quantitative estimate of drug-likeness (QED) is 0.614. The van der Waals surface area contributed by atoms with E-state index in [-0.39, 0.29) is 17.9 Å². The van der Waals surface area contributed by atoms with Crippen LogP contribution in [0.5, 0.6) is 0 Å². The Morgan fingerprint density at radius 2 is 1.73 bits per heavy atom. The van der Waals surface area contributed by atoms with E-state index in [4.69, 9.17) is 11.6 Å². The molecule has 2 aliphatic rings. The Kier molecular flexibility index (Phi) is 4.79. The number of anilines is 1. The smallest absolute Gasteiger partial charge is 0.259 e. The van der Waals surface area contributed by atoms with Gasteiger partial charge in [0.15, 0.2) is 0 Å². The topological polar surface area (TPSA) is 76.0 Å². The van der Waals surface area contributed by atoms with Crippen LogP contribution in [0.25, 0.3) is 5.69 Å². The molecule has 1 heterocycles. The first-order valence-corrected chi connectivity index (χ1v) is 10.5. The number of nitrogens with one attached hydrogen (secondary N) is 2. The summed E-state index contributed by atoms with van der Waals surface area (Å²) >= 11 is 6.21. The molecule has 0 spiro atoms. The number of amides is 2. The number of hydrogen-bond donors (Lipinski definition) is 2. The van der Waals surface area contributed by atoms with Crippen molar-refractivity contribution in [1.29, 1.82) is 0 Å². The van der Waals surface area contributed by atoms with Crippen molar-refractivity contribution < 1.29 is 9.59 Å². The lowest BCUT2D eigenvalue weighted by atomic mass is 10.1. The van der Waals surface area contributed by atoms with Crippen LogP contribution in [0.3, 0.4) is 0 Å². The Balaban J connectivity index is 1.41. The number of para-hydroxylation sites is 1. The number of benzene rings is 2. The molecule has 3 aromatic rings. The molecule has 2 N–H and O–H groups in total. The van der Waals surface area contributed by atoms with Crippen LogP contribution in [-0.2, 0) is 0 Å². The number of rotatable bonds is 6. The molecule has 2 saturated carbocycles. The van der Waals surface area contributed by atoms with E-state index >= 15 is 0 Å². The summed E-state index contributed by atoms with van der Waals surface area (Å²) < 4.78 is 1.85. The van der Waals surface area contributed by atoms with Gasteiger partial charge in [-0.2, -0.15) is 5.10 Å². The summed E-state index contributed by atoms with van der Waals surface area (Å²) in [7, 11) is 0. The predicted molar refractivity (Wildman–Crippen MR) is 115 cm³/mol. The minimum atomic E-state index is -0.241. The van der Waals surface area contributed by atoms with Crippen LogP contribution in [0.2, 0.25) is 5.02 Å². The summed E-state index contributed by atoms with van der Waals surface area (Å²) in [5.74, 6) is -0.123. The van der Waals surface area contributed by atoms with E-state index in [0.717, 1.165) is 37.1 Å². The Hall–Kier alpha value is -3.12. The minimum absolute atomic E-state index is 0.214. The summed E-state index contributed by atoms with van der Waals surface area (Å²) in [6, 6.07) is 15.0. The SMILES string of the molecule is O=C(NC1CC1)c1cc(NC(=O)c2cnn(-c3ccccc3)c2C2CC2)ccc1Cl. The summed E-state index contributed by atoms with van der Waals surface area (Å²) in [5.41, 5.74) is 3.31. The number of halogens is 1. The lowest BCUT2D eigenvalue weighted by molar-refractivity contribution is 0.0949. The maximum absolute atomic E-state index is 13.1. The minimum Gasteiger partial charge on any atom is -0.349 e. The van der Waals surface area contributed by atoms with Gasteiger partial charge in [0.2, 0.25) is 0 Å². The van der Waals surface area contributed by atoms with Gasteiger partial charge in [-0.1, -0.05) is 29.8 Å². The average Bonchev–Trinajstić information content (AvgIpc) is 3.69. The highest BCUT2D eigenvalue weighted by atomic mass is 35.5. The van der Waals surface area contributed by atoms with Crippen molar-refractivity contribution >= 4 is 29.1 Å². The van der Waals surface area contributed by atoms with Crippen LogP contribution in [-0.4, -0.2) is 27.6 Å². The number of carbonyl (C=O) groups is 2. The number of nitrogens with zero attached hydrogens (tertiary/aromatic N) is 2. The third-order valence-corrected chi connectivity index (χ3v) is 5.73. The van der Waals surface area contributed by atoms with E-state index in [2.05, 4.69) is 15.7 Å². The molecular weight excluding hydrogens is 400 g/mol. The normalized spacial score (nSPS) is 15.6. The molecule has 2 amide bonds. The van der Waals surface area contributed by atoms with Gasteiger partial charge in [-0.3, -0.25) is 9.59 Å². The fourth-order valence-electron chi connectivity index (χ4n) is 3.52. The predicted octanol–water partition coefficient (Wildman–Crippen LogP) is 4.55. The van der Waals surface area contributed by atoms with E-state index in [1.165, 1.54) is 0 Å². The Morgan fingerprint density at radius 1 is 0.967 bits per heavy atom. The molecule has 0 atom stereocenters. The van der Waals surface area contributed by atoms with Gasteiger partial charge in [-0.05, 0) is 56.0 Å². The van der Waals surface area contributed by atoms with Crippen molar-refractivity contribution in [2.75, 3.05) is 5.32 Å². The lowest BCUT2D eigenvalue weighted by Gasteiger charge is -2.11. The van der Waals surface area contributed by atoms with Crippen molar-refractivity contribution in [3.63, 3.8) is 0 Å². The molecule has 7 heteroatoms. The highest BCUT2D eigenvalue weighted by Crippen LogP contribution is 2.42. The van der Waals surface area contributed by atoms with Gasteiger partial charge >= 0.3 is 0 Å². The third-order valence-electron chi connectivity index (χ3n) is 5.40. The van der Waals surface area contributed by atoms with Gasteiger partial charge in [-0.15, -0.1) is 0 Å². The van der Waals surface area contributed by atoms with E-state index < -0.39 is 0 Å². The number of carbonyl (C=O) groups excluding carboxylic acids is 2. The highest BCUT2D eigenvalue weighted by Gasteiger charge is 2.33. The maximum Gasteiger partial charge on any atom is 0.259 e. The maximum atomic E-state index is 13.1. The zero-order valence-electron chi connectivity index (χ0n) is 16.3. The van der Waals surface area contributed by atoms with Crippen molar-refractivity contribution in [3.05, 3.63) is 76.6 Å². The molecule has 2 fully saturated rings. The van der Waals surface area contributed by atoms with E-state index in [1.807, 2.05) is 35.0 Å². The first-order chi connectivity index (χ1) is 14.6. The molecule has 5 rings (SSSR count). The lowest BCUT2D eigenvalue weighted by Crippen LogP contribution is -2.25. The summed E-state index contributed by atoms with van der Waals surface area (Å²) in [6.45, 7) is 0. The monoisotopic (exact) mass is 420 g/mol. The zero-order chi connectivity index (χ0) is 20.7. The summed E-state index contributed by atoms with van der Waals surface area (Å²) in [4.78, 5) is 25.5. The van der Waals surface area contributed by atoms with Crippen molar-refractivity contribution in [1.82, 2.24) is 15.1 Å². The molecule has 2 aromatic carbocycles. The standard InChI is InChI=1S/C23H21ClN4O2/c24-20-11-10-16(12-18(20)22(29)26-15-8-9-15)27-23(30)19-13-25-28(21(19)14-6-7-14)17-4-2-1-3-5-17/h1-5,10-15H,6-9H2,(H,26,29)(H,27,30). The molecular formula is C23H21ClN4O2. The molecule has 152 valence electrons. The van der Waals surface area contributed by atoms with Crippen LogP contribution in [0.4, 0.5) is 5.69 Å². The Morgan fingerprint density at radius 3 is 2.43 bits per heavy atom. The van der Waals surface area contributed by atoms with E-state index in [9.17, 15) is 9.59 Å². The highest BCUT2D eigenvalue weighted by molar-refractivity contribution is 6.34. The molecule has 0 radical (unpaired) electrons. The van der Waals surface area contributed by atoms with Gasteiger partial charge in [0.25, 0.3) is 11.8 Å². The molecule has 0 aliphatic heterocycles. The fraction of sp³-hybridized carbons (Fsp3) is 0.261. The molecule has 30 heavy (non-hydrogen) atoms. The van der Waals surface area contributed by atoms with Gasteiger partial charge in [-0.25, -0.2) is 4.68 Å². The fourth-order valence-corrected chi connectivity index (χ4v) is 3.73. The van der Waals surface area contributed by atoms with Gasteiger partial charge in [0, 0.05) is 17.6 Å². The van der Waals surface area contributed by atoms with Crippen LogP contribution < -0.4 is 10.6 Å². The molecule has 0 bridgehead atoms. The van der Waals surface area contributed by atoms with Crippen LogP contribution in [0, 0.1) is 0 Å². The van der Waals surface area contributed by atoms with Crippen LogP contribution >= 0.6 is 11.6 Å². The van der Waals surface area contributed by atoms with E-state index in [1.54, 1.807) is 24.4 Å². The largest absolute Gasteiger partial charge is 0.349 e. The first kappa shape index (κ1) is 18.9.